The molecule has 1 rings (SSSR count). The highest BCUT2D eigenvalue weighted by molar-refractivity contribution is 5.76. The van der Waals surface area contributed by atoms with Gasteiger partial charge in [0.25, 0.3) is 0 Å². The van der Waals surface area contributed by atoms with Gasteiger partial charge in [-0.2, -0.15) is 0 Å². The van der Waals surface area contributed by atoms with Crippen molar-refractivity contribution in [2.75, 3.05) is 6.54 Å². The van der Waals surface area contributed by atoms with E-state index in [0.29, 0.717) is 25.4 Å². The highest BCUT2D eigenvalue weighted by Crippen LogP contribution is 2.14. The van der Waals surface area contributed by atoms with Gasteiger partial charge in [0.2, 0.25) is 5.91 Å². The van der Waals surface area contributed by atoms with E-state index in [0.717, 1.165) is 12.0 Å². The molecule has 0 saturated heterocycles. The fourth-order valence-corrected chi connectivity index (χ4v) is 1.86. The molecule has 0 aromatic carbocycles. The molecule has 1 atom stereocenters. The number of furan rings is 1. The first-order chi connectivity index (χ1) is 8.11. The van der Waals surface area contributed by atoms with Gasteiger partial charge in [-0.1, -0.05) is 13.8 Å². The van der Waals surface area contributed by atoms with Crippen molar-refractivity contribution in [1.82, 2.24) is 5.32 Å². The van der Waals surface area contributed by atoms with Crippen molar-refractivity contribution in [3.63, 3.8) is 0 Å². The first-order valence-electron chi connectivity index (χ1n) is 6.09. The molecule has 4 nitrogen and oxygen atoms in total. The Morgan fingerprint density at radius 1 is 1.53 bits per heavy atom. The second kappa shape index (κ2) is 7.12. The molecule has 0 bridgehead atoms. The number of rotatable bonds is 7. The Kier molecular flexibility index (Phi) is 5.77. The molecular weight excluding hydrogens is 216 g/mol. The van der Waals surface area contributed by atoms with Crippen LogP contribution < -0.4 is 11.1 Å². The second-order valence-corrected chi connectivity index (χ2v) is 4.84. The fraction of sp³-hybridized carbons (Fsp3) is 0.615. The molecule has 4 heteroatoms. The predicted octanol–water partition coefficient (Wildman–Crippen LogP) is 1.91. The van der Waals surface area contributed by atoms with Gasteiger partial charge >= 0.3 is 0 Å². The Balaban J connectivity index is 2.27. The van der Waals surface area contributed by atoms with E-state index in [1.165, 1.54) is 0 Å². The summed E-state index contributed by atoms with van der Waals surface area (Å²) in [5.41, 5.74) is 6.64. The lowest BCUT2D eigenvalue weighted by atomic mass is 9.94. The molecule has 3 N–H and O–H groups in total. The highest BCUT2D eigenvalue weighted by atomic mass is 16.3. The van der Waals surface area contributed by atoms with E-state index in [2.05, 4.69) is 19.2 Å². The lowest BCUT2D eigenvalue weighted by Crippen LogP contribution is -2.28. The molecular formula is C13H22N2O2. The second-order valence-electron chi connectivity index (χ2n) is 4.84. The minimum atomic E-state index is 0.0577. The standard InChI is InChI=1S/C13H22N2O2/c1-10(2)5-12(7-14)6-13(16)15-8-11-3-4-17-9-11/h3-4,9-10,12H,5-8,14H2,1-2H3,(H,15,16)/t12-/m0/s1. The number of hydrogen-bond acceptors (Lipinski definition) is 3. The smallest absolute Gasteiger partial charge is 0.220 e. The Labute approximate surface area is 103 Å². The minimum absolute atomic E-state index is 0.0577. The maximum absolute atomic E-state index is 11.7. The molecule has 0 aliphatic rings. The monoisotopic (exact) mass is 238 g/mol. The van der Waals surface area contributed by atoms with E-state index < -0.39 is 0 Å². The van der Waals surface area contributed by atoms with E-state index >= 15 is 0 Å². The van der Waals surface area contributed by atoms with Gasteiger partial charge in [-0.3, -0.25) is 4.79 Å². The van der Waals surface area contributed by atoms with Gasteiger partial charge in [-0.15, -0.1) is 0 Å². The van der Waals surface area contributed by atoms with Crippen molar-refractivity contribution in [2.45, 2.75) is 33.2 Å². The number of amides is 1. The summed E-state index contributed by atoms with van der Waals surface area (Å²) in [5.74, 6) is 0.909. The van der Waals surface area contributed by atoms with Gasteiger partial charge in [0.05, 0.1) is 12.5 Å². The van der Waals surface area contributed by atoms with E-state index in [1.54, 1.807) is 12.5 Å². The predicted molar refractivity (Wildman–Crippen MR) is 67.2 cm³/mol. The summed E-state index contributed by atoms with van der Waals surface area (Å²) in [6.07, 6.45) is 4.74. The molecule has 0 unspecified atom stereocenters. The summed E-state index contributed by atoms with van der Waals surface area (Å²) in [4.78, 5) is 11.7. The topological polar surface area (TPSA) is 68.3 Å². The molecule has 0 spiro atoms. The van der Waals surface area contributed by atoms with Crippen LogP contribution in [0.3, 0.4) is 0 Å². The van der Waals surface area contributed by atoms with Gasteiger partial charge in [0, 0.05) is 18.5 Å². The van der Waals surface area contributed by atoms with Crippen LogP contribution in [0.4, 0.5) is 0 Å². The summed E-state index contributed by atoms with van der Waals surface area (Å²) in [6, 6.07) is 1.84. The lowest BCUT2D eigenvalue weighted by molar-refractivity contribution is -0.122. The number of hydrogen-bond donors (Lipinski definition) is 2. The van der Waals surface area contributed by atoms with Crippen LogP contribution in [0, 0.1) is 11.8 Å². The summed E-state index contributed by atoms with van der Waals surface area (Å²) in [6.45, 7) is 5.38. The maximum atomic E-state index is 11.7. The average Bonchev–Trinajstić information content (AvgIpc) is 2.77. The number of nitrogens with two attached hydrogens (primary N) is 1. The Morgan fingerprint density at radius 3 is 2.82 bits per heavy atom. The molecule has 0 aliphatic carbocycles. The quantitative estimate of drug-likeness (QED) is 0.762. The summed E-state index contributed by atoms with van der Waals surface area (Å²) in [7, 11) is 0. The minimum Gasteiger partial charge on any atom is -0.472 e. The fourth-order valence-electron chi connectivity index (χ4n) is 1.86. The van der Waals surface area contributed by atoms with Crippen LogP contribution >= 0.6 is 0 Å². The van der Waals surface area contributed by atoms with Gasteiger partial charge < -0.3 is 15.5 Å². The largest absolute Gasteiger partial charge is 0.472 e. The molecule has 96 valence electrons. The first-order valence-corrected chi connectivity index (χ1v) is 6.09. The summed E-state index contributed by atoms with van der Waals surface area (Å²) < 4.78 is 4.93. The van der Waals surface area contributed by atoms with Gasteiger partial charge in [-0.05, 0) is 30.9 Å². The number of carbonyl (C=O) groups is 1. The highest BCUT2D eigenvalue weighted by Gasteiger charge is 2.13. The van der Waals surface area contributed by atoms with Crippen LogP contribution in [0.25, 0.3) is 0 Å². The Morgan fingerprint density at radius 2 is 2.29 bits per heavy atom. The van der Waals surface area contributed by atoms with Crippen molar-refractivity contribution in [3.05, 3.63) is 24.2 Å². The van der Waals surface area contributed by atoms with Crippen LogP contribution in [0.15, 0.2) is 23.0 Å². The maximum Gasteiger partial charge on any atom is 0.220 e. The van der Waals surface area contributed by atoms with Gasteiger partial charge in [-0.25, -0.2) is 0 Å². The SMILES string of the molecule is CC(C)C[C@H](CN)CC(=O)NCc1ccoc1. The normalized spacial score (nSPS) is 12.7. The molecule has 0 fully saturated rings. The van der Waals surface area contributed by atoms with Crippen molar-refractivity contribution in [3.8, 4) is 0 Å². The van der Waals surface area contributed by atoms with Crippen molar-refractivity contribution < 1.29 is 9.21 Å². The van der Waals surface area contributed by atoms with E-state index in [9.17, 15) is 4.79 Å². The van der Waals surface area contributed by atoms with E-state index in [-0.39, 0.29) is 11.8 Å². The molecule has 1 heterocycles. The summed E-state index contributed by atoms with van der Waals surface area (Å²) in [5, 5.41) is 2.87. The van der Waals surface area contributed by atoms with Crippen LogP contribution in [0.1, 0.15) is 32.3 Å². The van der Waals surface area contributed by atoms with Crippen LogP contribution in [0.5, 0.6) is 0 Å². The van der Waals surface area contributed by atoms with E-state index in [4.69, 9.17) is 10.2 Å². The van der Waals surface area contributed by atoms with Gasteiger partial charge in [0.1, 0.15) is 0 Å². The molecule has 17 heavy (non-hydrogen) atoms. The average molecular weight is 238 g/mol. The third kappa shape index (κ3) is 5.54. The first kappa shape index (κ1) is 13.8. The van der Waals surface area contributed by atoms with Crippen molar-refractivity contribution >= 4 is 5.91 Å². The third-order valence-electron chi connectivity index (χ3n) is 2.68. The van der Waals surface area contributed by atoms with Gasteiger partial charge in [0.15, 0.2) is 0 Å². The molecule has 0 saturated carbocycles. The van der Waals surface area contributed by atoms with Crippen molar-refractivity contribution in [2.24, 2.45) is 17.6 Å². The zero-order valence-corrected chi connectivity index (χ0v) is 10.6. The van der Waals surface area contributed by atoms with Crippen LogP contribution in [-0.4, -0.2) is 12.5 Å². The molecule has 0 aliphatic heterocycles. The number of nitrogens with one attached hydrogen (secondary N) is 1. The van der Waals surface area contributed by atoms with Crippen LogP contribution in [0.2, 0.25) is 0 Å². The van der Waals surface area contributed by atoms with Crippen LogP contribution in [-0.2, 0) is 11.3 Å². The Bertz CT molecular complexity index is 320. The molecule has 1 aromatic heterocycles. The van der Waals surface area contributed by atoms with E-state index in [1.807, 2.05) is 6.07 Å². The summed E-state index contributed by atoms with van der Waals surface area (Å²) >= 11 is 0. The Hall–Kier alpha value is -1.29. The molecule has 0 radical (unpaired) electrons. The third-order valence-corrected chi connectivity index (χ3v) is 2.68. The van der Waals surface area contributed by atoms with Crippen molar-refractivity contribution in [1.29, 1.82) is 0 Å². The lowest BCUT2D eigenvalue weighted by Gasteiger charge is -2.16. The molecule has 1 aromatic rings. The molecule has 1 amide bonds. The zero-order valence-electron chi connectivity index (χ0n) is 10.6. The zero-order chi connectivity index (χ0) is 12.7. The number of carbonyl (C=O) groups excluding carboxylic acids is 1.